The molecule has 0 bridgehead atoms. The molecule has 0 unspecified atom stereocenters. The first-order chi connectivity index (χ1) is 11.1. The Morgan fingerprint density at radius 3 is 2.91 bits per heavy atom. The van der Waals surface area contributed by atoms with Crippen LogP contribution in [-0.4, -0.2) is 30.9 Å². The maximum atomic E-state index is 11.8. The number of phenols is 1. The van der Waals surface area contributed by atoms with Crippen molar-refractivity contribution in [3.8, 4) is 11.5 Å². The first-order valence-electron chi connectivity index (χ1n) is 6.77. The van der Waals surface area contributed by atoms with Gasteiger partial charge in [0.2, 0.25) is 0 Å². The fourth-order valence-corrected chi connectivity index (χ4v) is 2.19. The molecule has 6 nitrogen and oxygen atoms in total. The number of ether oxygens (including phenoxy) is 1. The Bertz CT molecular complexity index is 719. The second-order valence-corrected chi connectivity index (χ2v) is 5.47. The number of hydrogen-bond donors (Lipinski definition) is 3. The molecule has 3 N–H and O–H groups in total. The van der Waals surface area contributed by atoms with Gasteiger partial charge in [-0.1, -0.05) is 28.1 Å². The van der Waals surface area contributed by atoms with E-state index in [-0.39, 0.29) is 18.2 Å². The van der Waals surface area contributed by atoms with Crippen LogP contribution in [0.15, 0.2) is 52.0 Å². The molecule has 2 aromatic rings. The average Bonchev–Trinajstić information content (AvgIpc) is 2.56. The van der Waals surface area contributed by atoms with E-state index in [2.05, 4.69) is 31.8 Å². The Balaban J connectivity index is 1.88. The van der Waals surface area contributed by atoms with Crippen LogP contribution in [-0.2, 0) is 4.79 Å². The predicted octanol–water partition coefficient (Wildman–Crippen LogP) is 2.73. The molecule has 2 rings (SSSR count). The van der Waals surface area contributed by atoms with Gasteiger partial charge in [-0.2, -0.15) is 5.10 Å². The molecule has 1 amide bonds. The van der Waals surface area contributed by atoms with E-state index in [1.165, 1.54) is 12.3 Å². The second kappa shape index (κ2) is 8.19. The molecule has 2 aromatic carbocycles. The van der Waals surface area contributed by atoms with Gasteiger partial charge in [0.15, 0.2) is 0 Å². The molecule has 0 aromatic heterocycles. The smallest absolute Gasteiger partial charge is 0.259 e. The molecule has 0 fully saturated rings. The van der Waals surface area contributed by atoms with Gasteiger partial charge in [-0.15, -0.1) is 0 Å². The van der Waals surface area contributed by atoms with E-state index in [0.717, 1.165) is 10.2 Å². The number of nitrogens with zero attached hydrogens (tertiary/aromatic N) is 1. The third-order valence-electron chi connectivity index (χ3n) is 2.93. The van der Waals surface area contributed by atoms with E-state index >= 15 is 0 Å². The van der Waals surface area contributed by atoms with Crippen molar-refractivity contribution in [1.82, 2.24) is 5.43 Å². The van der Waals surface area contributed by atoms with Crippen LogP contribution in [0.4, 0.5) is 5.69 Å². The number of hydrogen-bond acceptors (Lipinski definition) is 5. The summed E-state index contributed by atoms with van der Waals surface area (Å²) in [7, 11) is 1.56. The van der Waals surface area contributed by atoms with E-state index in [1.54, 1.807) is 25.3 Å². The fourth-order valence-electron chi connectivity index (χ4n) is 1.81. The zero-order valence-corrected chi connectivity index (χ0v) is 14.0. The molecule has 0 saturated heterocycles. The molecule has 0 aliphatic rings. The Morgan fingerprint density at radius 1 is 1.35 bits per heavy atom. The van der Waals surface area contributed by atoms with Gasteiger partial charge >= 0.3 is 0 Å². The minimum Gasteiger partial charge on any atom is -0.507 e. The Hall–Kier alpha value is -2.54. The van der Waals surface area contributed by atoms with E-state index in [0.29, 0.717) is 11.3 Å². The summed E-state index contributed by atoms with van der Waals surface area (Å²) in [4.78, 5) is 11.8. The Kier molecular flexibility index (Phi) is 5.99. The molecular formula is C16H16BrN3O3. The number of benzene rings is 2. The third-order valence-corrected chi connectivity index (χ3v) is 3.42. The van der Waals surface area contributed by atoms with Crippen molar-refractivity contribution >= 4 is 33.7 Å². The predicted molar refractivity (Wildman–Crippen MR) is 93.0 cm³/mol. The number of hydrazone groups is 1. The topological polar surface area (TPSA) is 83.0 Å². The van der Waals surface area contributed by atoms with Crippen molar-refractivity contribution in [2.75, 3.05) is 19.0 Å². The van der Waals surface area contributed by atoms with Gasteiger partial charge in [-0.05, 0) is 30.3 Å². The first-order valence-corrected chi connectivity index (χ1v) is 7.57. The highest BCUT2D eigenvalue weighted by molar-refractivity contribution is 9.10. The SMILES string of the molecule is COc1ccccc1NCC(=O)N/N=C\c1cc(Br)ccc1O. The van der Waals surface area contributed by atoms with Crippen molar-refractivity contribution in [1.29, 1.82) is 0 Å². The highest BCUT2D eigenvalue weighted by Gasteiger charge is 2.04. The summed E-state index contributed by atoms with van der Waals surface area (Å²) >= 11 is 3.30. The highest BCUT2D eigenvalue weighted by atomic mass is 79.9. The molecule has 120 valence electrons. The number of nitrogens with one attached hydrogen (secondary N) is 2. The monoisotopic (exact) mass is 377 g/mol. The van der Waals surface area contributed by atoms with Crippen LogP contribution >= 0.6 is 15.9 Å². The van der Waals surface area contributed by atoms with Crippen LogP contribution in [0.25, 0.3) is 0 Å². The number of amides is 1. The van der Waals surface area contributed by atoms with Gasteiger partial charge in [0.05, 0.1) is 25.6 Å². The van der Waals surface area contributed by atoms with Crippen molar-refractivity contribution in [2.24, 2.45) is 5.10 Å². The van der Waals surface area contributed by atoms with E-state index in [1.807, 2.05) is 18.2 Å². The number of carbonyl (C=O) groups excluding carboxylic acids is 1. The van der Waals surface area contributed by atoms with Gasteiger partial charge in [0, 0.05) is 10.0 Å². The summed E-state index contributed by atoms with van der Waals surface area (Å²) < 4.78 is 5.99. The molecule has 7 heteroatoms. The fraction of sp³-hybridized carbons (Fsp3) is 0.125. The lowest BCUT2D eigenvalue weighted by Gasteiger charge is -2.09. The van der Waals surface area contributed by atoms with Crippen molar-refractivity contribution in [3.63, 3.8) is 0 Å². The number of methoxy groups -OCH3 is 1. The molecule has 23 heavy (non-hydrogen) atoms. The first kappa shape index (κ1) is 16.8. The van der Waals surface area contributed by atoms with E-state index < -0.39 is 0 Å². The number of para-hydroxylation sites is 2. The third kappa shape index (κ3) is 5.00. The normalized spacial score (nSPS) is 10.5. The van der Waals surface area contributed by atoms with E-state index in [9.17, 15) is 9.90 Å². The van der Waals surface area contributed by atoms with E-state index in [4.69, 9.17) is 4.74 Å². The summed E-state index contributed by atoms with van der Waals surface area (Å²) in [5.74, 6) is 0.419. The molecule has 0 radical (unpaired) electrons. The van der Waals surface area contributed by atoms with Gasteiger partial charge in [0.1, 0.15) is 11.5 Å². The molecular weight excluding hydrogens is 362 g/mol. The van der Waals surface area contributed by atoms with Crippen LogP contribution in [0.3, 0.4) is 0 Å². The van der Waals surface area contributed by atoms with Crippen molar-refractivity contribution in [3.05, 3.63) is 52.5 Å². The number of phenolic OH excluding ortho intramolecular Hbond substituents is 1. The summed E-state index contributed by atoms with van der Waals surface area (Å²) in [5.41, 5.74) is 3.60. The summed E-state index contributed by atoms with van der Waals surface area (Å²) in [5, 5.41) is 16.4. The molecule has 0 spiro atoms. The summed E-state index contributed by atoms with van der Waals surface area (Å²) in [6.07, 6.45) is 1.38. The largest absolute Gasteiger partial charge is 0.507 e. The van der Waals surface area contributed by atoms with Crippen molar-refractivity contribution in [2.45, 2.75) is 0 Å². The molecule has 0 heterocycles. The van der Waals surface area contributed by atoms with Gasteiger partial charge in [-0.25, -0.2) is 5.43 Å². The standard InChI is InChI=1S/C16H16BrN3O3/c1-23-15-5-3-2-4-13(15)18-10-16(22)20-19-9-11-8-12(17)6-7-14(11)21/h2-9,18,21H,10H2,1H3,(H,20,22)/b19-9-. The van der Waals surface area contributed by atoms with Crippen LogP contribution < -0.4 is 15.5 Å². The van der Waals surface area contributed by atoms with Crippen LogP contribution in [0.2, 0.25) is 0 Å². The van der Waals surface area contributed by atoms with Gasteiger partial charge in [-0.3, -0.25) is 4.79 Å². The second-order valence-electron chi connectivity index (χ2n) is 4.55. The maximum absolute atomic E-state index is 11.8. The number of anilines is 1. The lowest BCUT2D eigenvalue weighted by molar-refractivity contribution is -0.119. The quantitative estimate of drug-likeness (QED) is 0.533. The summed E-state index contributed by atoms with van der Waals surface area (Å²) in [6, 6.07) is 12.2. The molecule has 0 aliphatic heterocycles. The molecule has 0 saturated carbocycles. The minimum atomic E-state index is -0.318. The van der Waals surface area contributed by atoms with Gasteiger partial charge < -0.3 is 15.2 Å². The average molecular weight is 378 g/mol. The number of aromatic hydroxyl groups is 1. The van der Waals surface area contributed by atoms with Gasteiger partial charge in [0.25, 0.3) is 5.91 Å². The maximum Gasteiger partial charge on any atom is 0.259 e. The number of carbonyl (C=O) groups is 1. The Labute approximate surface area is 142 Å². The zero-order chi connectivity index (χ0) is 16.7. The van der Waals surface area contributed by atoms with Crippen LogP contribution in [0, 0.1) is 0 Å². The number of rotatable bonds is 6. The molecule has 0 aliphatic carbocycles. The highest BCUT2D eigenvalue weighted by Crippen LogP contribution is 2.22. The van der Waals surface area contributed by atoms with Crippen molar-refractivity contribution < 1.29 is 14.6 Å². The molecule has 0 atom stereocenters. The Morgan fingerprint density at radius 2 is 2.13 bits per heavy atom. The number of halogens is 1. The lowest BCUT2D eigenvalue weighted by Crippen LogP contribution is -2.26. The summed E-state index contributed by atoms with van der Waals surface area (Å²) in [6.45, 7) is 0.0438. The zero-order valence-electron chi connectivity index (χ0n) is 12.4. The van der Waals surface area contributed by atoms with Crippen LogP contribution in [0.5, 0.6) is 11.5 Å². The van der Waals surface area contributed by atoms with Crippen LogP contribution in [0.1, 0.15) is 5.56 Å². The minimum absolute atomic E-state index is 0.0438. The lowest BCUT2D eigenvalue weighted by atomic mass is 10.2.